The van der Waals surface area contributed by atoms with E-state index in [0.717, 1.165) is 0 Å². The average molecular weight is 303 g/mol. The van der Waals surface area contributed by atoms with Crippen molar-refractivity contribution in [3.63, 3.8) is 0 Å². The van der Waals surface area contributed by atoms with Crippen LogP contribution >= 0.6 is 11.6 Å². The second-order valence-corrected chi connectivity index (χ2v) is 6.72. The zero-order valence-corrected chi connectivity index (χ0v) is 11.9. The van der Waals surface area contributed by atoms with Gasteiger partial charge in [-0.2, -0.15) is 4.31 Å². The van der Waals surface area contributed by atoms with Crippen molar-refractivity contribution in [2.24, 2.45) is 0 Å². The molecule has 1 saturated heterocycles. The van der Waals surface area contributed by atoms with Gasteiger partial charge in [-0.05, 0) is 11.6 Å². The molecule has 1 N–H and O–H groups in total. The lowest BCUT2D eigenvalue weighted by Crippen LogP contribution is -2.35. The topological polar surface area (TPSA) is 66.5 Å². The minimum absolute atomic E-state index is 0.115. The zero-order chi connectivity index (χ0) is 13.9. The van der Waals surface area contributed by atoms with Crippen molar-refractivity contribution in [2.75, 3.05) is 19.6 Å². The van der Waals surface area contributed by atoms with E-state index in [-0.39, 0.29) is 24.6 Å². The fraction of sp³-hybridized carbons (Fsp3) is 0.417. The number of hydrogen-bond acceptors (Lipinski definition) is 3. The summed E-state index contributed by atoms with van der Waals surface area (Å²) in [6, 6.07) is 6.87. The van der Waals surface area contributed by atoms with Crippen molar-refractivity contribution in [1.82, 2.24) is 9.62 Å². The summed E-state index contributed by atoms with van der Waals surface area (Å²) in [6.07, 6.45) is 0.196. The molecule has 0 aliphatic carbocycles. The number of amides is 1. The molecule has 0 atom stereocenters. The number of benzene rings is 1. The Morgan fingerprint density at radius 3 is 2.74 bits per heavy atom. The minimum Gasteiger partial charge on any atom is -0.355 e. The van der Waals surface area contributed by atoms with Crippen LogP contribution in [0, 0.1) is 0 Å². The van der Waals surface area contributed by atoms with E-state index in [4.69, 9.17) is 11.6 Å². The summed E-state index contributed by atoms with van der Waals surface area (Å²) in [5.41, 5.74) is 0.577. The summed E-state index contributed by atoms with van der Waals surface area (Å²) >= 11 is 5.98. The average Bonchev–Trinajstić information content (AvgIpc) is 2.57. The van der Waals surface area contributed by atoms with Gasteiger partial charge in [0.25, 0.3) is 0 Å². The highest BCUT2D eigenvalue weighted by atomic mass is 35.5. The number of rotatable bonds is 3. The Morgan fingerprint density at radius 1 is 1.26 bits per heavy atom. The number of carbonyl (C=O) groups excluding carboxylic acids is 1. The van der Waals surface area contributed by atoms with Gasteiger partial charge in [0.2, 0.25) is 15.9 Å². The molecule has 104 valence electrons. The summed E-state index contributed by atoms with van der Waals surface area (Å²) in [5, 5.41) is 3.09. The SMILES string of the molecule is O=C1CCN(S(=O)(=O)Cc2ccccc2Cl)CCN1. The molecular weight excluding hydrogens is 288 g/mol. The number of carbonyl (C=O) groups is 1. The molecule has 1 amide bonds. The predicted molar refractivity (Wildman–Crippen MR) is 73.3 cm³/mol. The van der Waals surface area contributed by atoms with E-state index in [0.29, 0.717) is 23.7 Å². The highest BCUT2D eigenvalue weighted by Gasteiger charge is 2.25. The van der Waals surface area contributed by atoms with Crippen molar-refractivity contribution < 1.29 is 13.2 Å². The third-order valence-corrected chi connectivity index (χ3v) is 5.16. The minimum atomic E-state index is -3.45. The van der Waals surface area contributed by atoms with Crippen LogP contribution in [0.1, 0.15) is 12.0 Å². The van der Waals surface area contributed by atoms with Gasteiger partial charge >= 0.3 is 0 Å². The first kappa shape index (κ1) is 14.3. The monoisotopic (exact) mass is 302 g/mol. The van der Waals surface area contributed by atoms with Gasteiger partial charge in [-0.1, -0.05) is 29.8 Å². The van der Waals surface area contributed by atoms with Crippen molar-refractivity contribution in [3.8, 4) is 0 Å². The van der Waals surface area contributed by atoms with Crippen LogP contribution in [-0.2, 0) is 20.6 Å². The highest BCUT2D eigenvalue weighted by molar-refractivity contribution is 7.88. The normalized spacial score (nSPS) is 17.8. The summed E-state index contributed by atoms with van der Waals surface area (Å²) in [4.78, 5) is 11.2. The maximum absolute atomic E-state index is 12.3. The lowest BCUT2D eigenvalue weighted by atomic mass is 10.2. The van der Waals surface area contributed by atoms with Gasteiger partial charge in [0.15, 0.2) is 0 Å². The molecule has 1 aliphatic rings. The van der Waals surface area contributed by atoms with E-state index in [1.807, 2.05) is 0 Å². The van der Waals surface area contributed by atoms with Crippen LogP contribution < -0.4 is 5.32 Å². The molecule has 1 aromatic rings. The van der Waals surface area contributed by atoms with Gasteiger partial charge in [-0.15, -0.1) is 0 Å². The van der Waals surface area contributed by atoms with Gasteiger partial charge in [-0.3, -0.25) is 4.79 Å². The molecule has 1 aromatic carbocycles. The van der Waals surface area contributed by atoms with Gasteiger partial charge in [-0.25, -0.2) is 8.42 Å². The fourth-order valence-electron chi connectivity index (χ4n) is 1.93. The smallest absolute Gasteiger partial charge is 0.221 e. The van der Waals surface area contributed by atoms with Crippen molar-refractivity contribution >= 4 is 27.5 Å². The van der Waals surface area contributed by atoms with Gasteiger partial charge in [0, 0.05) is 31.1 Å². The lowest BCUT2D eigenvalue weighted by Gasteiger charge is -2.19. The Kier molecular flexibility index (Phi) is 4.44. The Labute approximate surface area is 117 Å². The van der Waals surface area contributed by atoms with Crippen molar-refractivity contribution in [1.29, 1.82) is 0 Å². The lowest BCUT2D eigenvalue weighted by molar-refractivity contribution is -0.120. The second-order valence-electron chi connectivity index (χ2n) is 4.35. The first-order valence-electron chi connectivity index (χ1n) is 5.97. The molecule has 0 radical (unpaired) electrons. The molecule has 0 bridgehead atoms. The standard InChI is InChI=1S/C12H15ClN2O3S/c13-11-4-2-1-3-10(11)9-19(17,18)15-7-5-12(16)14-6-8-15/h1-4H,5-9H2,(H,14,16). The largest absolute Gasteiger partial charge is 0.355 e. The van der Waals surface area contributed by atoms with Crippen LogP contribution in [0.2, 0.25) is 5.02 Å². The summed E-state index contributed by atoms with van der Waals surface area (Å²) < 4.78 is 25.9. The molecule has 1 heterocycles. The number of sulfonamides is 1. The quantitative estimate of drug-likeness (QED) is 0.905. The summed E-state index contributed by atoms with van der Waals surface area (Å²) in [5.74, 6) is -0.253. The molecule has 0 aromatic heterocycles. The molecule has 5 nitrogen and oxygen atoms in total. The number of hydrogen-bond donors (Lipinski definition) is 1. The van der Waals surface area contributed by atoms with Crippen molar-refractivity contribution in [2.45, 2.75) is 12.2 Å². The van der Waals surface area contributed by atoms with Crippen LogP contribution in [0.3, 0.4) is 0 Å². The maximum Gasteiger partial charge on any atom is 0.221 e. The molecule has 2 rings (SSSR count). The first-order valence-corrected chi connectivity index (χ1v) is 7.96. The molecule has 1 fully saturated rings. The number of halogens is 1. The molecule has 1 aliphatic heterocycles. The maximum atomic E-state index is 12.3. The Bertz CT molecular complexity index is 574. The molecule has 7 heteroatoms. The molecule has 0 saturated carbocycles. The predicted octanol–water partition coefficient (Wildman–Crippen LogP) is 0.992. The fourth-order valence-corrected chi connectivity index (χ4v) is 3.78. The van der Waals surface area contributed by atoms with Gasteiger partial charge in [0.1, 0.15) is 0 Å². The Hall–Kier alpha value is -1.11. The zero-order valence-electron chi connectivity index (χ0n) is 10.3. The second kappa shape index (κ2) is 5.90. The van der Waals surface area contributed by atoms with E-state index < -0.39 is 10.0 Å². The third-order valence-electron chi connectivity index (χ3n) is 2.96. The Balaban J connectivity index is 2.14. The molecule has 0 unspecified atom stereocenters. The molecule has 19 heavy (non-hydrogen) atoms. The third kappa shape index (κ3) is 3.68. The van der Waals surface area contributed by atoms with Gasteiger partial charge < -0.3 is 5.32 Å². The highest BCUT2D eigenvalue weighted by Crippen LogP contribution is 2.19. The van der Waals surface area contributed by atoms with Crippen LogP contribution in [-0.4, -0.2) is 38.3 Å². The molecular formula is C12H15ClN2O3S. The van der Waals surface area contributed by atoms with E-state index in [1.165, 1.54) is 4.31 Å². The van der Waals surface area contributed by atoms with Crippen LogP contribution in [0.25, 0.3) is 0 Å². The Morgan fingerprint density at radius 2 is 2.00 bits per heavy atom. The van der Waals surface area contributed by atoms with Crippen LogP contribution in [0.5, 0.6) is 0 Å². The van der Waals surface area contributed by atoms with E-state index in [2.05, 4.69) is 5.32 Å². The van der Waals surface area contributed by atoms with E-state index >= 15 is 0 Å². The van der Waals surface area contributed by atoms with Crippen LogP contribution in [0.4, 0.5) is 0 Å². The van der Waals surface area contributed by atoms with E-state index in [1.54, 1.807) is 24.3 Å². The summed E-state index contributed by atoms with van der Waals surface area (Å²) in [6.45, 7) is 0.873. The van der Waals surface area contributed by atoms with Gasteiger partial charge in [0.05, 0.1) is 5.75 Å². The first-order chi connectivity index (χ1) is 8.99. The van der Waals surface area contributed by atoms with Crippen LogP contribution in [0.15, 0.2) is 24.3 Å². The van der Waals surface area contributed by atoms with Crippen molar-refractivity contribution in [3.05, 3.63) is 34.9 Å². The molecule has 0 spiro atoms. The summed E-state index contributed by atoms with van der Waals surface area (Å²) in [7, 11) is -3.45. The van der Waals surface area contributed by atoms with E-state index in [9.17, 15) is 13.2 Å². The number of nitrogens with one attached hydrogen (secondary N) is 1. The number of nitrogens with zero attached hydrogens (tertiary/aromatic N) is 1.